The molecule has 0 aliphatic carbocycles. The monoisotopic (exact) mass is 275 g/mol. The molecule has 0 aliphatic heterocycles. The summed E-state index contributed by atoms with van der Waals surface area (Å²) in [7, 11) is 1.59. The number of hydrogen-bond donors (Lipinski definition) is 1. The number of methoxy groups -OCH3 is 1. The smallest absolute Gasteiger partial charge is 0.228 e. The molecule has 0 aromatic heterocycles. The fraction of sp³-hybridized carbons (Fsp3) is 0.133. The summed E-state index contributed by atoms with van der Waals surface area (Å²) in [6.45, 7) is 0. The zero-order valence-corrected chi connectivity index (χ0v) is 11.3. The standard InChI is InChI=1S/C15H14ClNO2/c1-19-14-4-2-3-13(10-14)17-15(18)9-11-5-7-12(16)8-6-11/h2-8,10H,9H2,1H3,(H,17,18). The average molecular weight is 276 g/mol. The van der Waals surface area contributed by atoms with Gasteiger partial charge in [0.25, 0.3) is 0 Å². The Labute approximate surface area is 117 Å². The van der Waals surface area contributed by atoms with Gasteiger partial charge in [-0.1, -0.05) is 29.8 Å². The summed E-state index contributed by atoms with van der Waals surface area (Å²) in [6, 6.07) is 14.5. The number of hydrogen-bond acceptors (Lipinski definition) is 2. The minimum absolute atomic E-state index is 0.0735. The Balaban J connectivity index is 1.99. The number of ether oxygens (including phenoxy) is 1. The van der Waals surface area contributed by atoms with Gasteiger partial charge in [0.05, 0.1) is 13.5 Å². The molecule has 0 radical (unpaired) electrons. The zero-order valence-electron chi connectivity index (χ0n) is 10.5. The van der Waals surface area contributed by atoms with E-state index in [-0.39, 0.29) is 5.91 Å². The zero-order chi connectivity index (χ0) is 13.7. The highest BCUT2D eigenvalue weighted by molar-refractivity contribution is 6.30. The summed E-state index contributed by atoms with van der Waals surface area (Å²) in [4.78, 5) is 11.9. The van der Waals surface area contributed by atoms with Crippen molar-refractivity contribution >= 4 is 23.2 Å². The first-order chi connectivity index (χ1) is 9.17. The van der Waals surface area contributed by atoms with E-state index in [0.717, 1.165) is 11.3 Å². The molecule has 4 heteroatoms. The van der Waals surface area contributed by atoms with Crippen molar-refractivity contribution in [3.05, 3.63) is 59.1 Å². The van der Waals surface area contributed by atoms with E-state index in [9.17, 15) is 4.79 Å². The second-order valence-electron chi connectivity index (χ2n) is 4.08. The van der Waals surface area contributed by atoms with Gasteiger partial charge in [0.1, 0.15) is 5.75 Å². The fourth-order valence-electron chi connectivity index (χ4n) is 1.69. The van der Waals surface area contributed by atoms with Gasteiger partial charge in [0, 0.05) is 16.8 Å². The van der Waals surface area contributed by atoms with Crippen molar-refractivity contribution in [2.75, 3.05) is 12.4 Å². The first-order valence-electron chi connectivity index (χ1n) is 5.86. The van der Waals surface area contributed by atoms with Crippen LogP contribution in [0.5, 0.6) is 5.75 Å². The first kappa shape index (κ1) is 13.4. The number of benzene rings is 2. The first-order valence-corrected chi connectivity index (χ1v) is 6.23. The van der Waals surface area contributed by atoms with Crippen molar-refractivity contribution in [1.29, 1.82) is 0 Å². The van der Waals surface area contributed by atoms with E-state index in [1.165, 1.54) is 0 Å². The van der Waals surface area contributed by atoms with E-state index in [4.69, 9.17) is 16.3 Å². The van der Waals surface area contributed by atoms with Crippen molar-refractivity contribution in [3.63, 3.8) is 0 Å². The maximum atomic E-state index is 11.9. The van der Waals surface area contributed by atoms with Crippen LogP contribution >= 0.6 is 11.6 Å². The molecule has 0 saturated heterocycles. The quantitative estimate of drug-likeness (QED) is 0.927. The lowest BCUT2D eigenvalue weighted by Gasteiger charge is -2.07. The molecule has 2 aromatic rings. The van der Waals surface area contributed by atoms with Crippen LogP contribution in [0.4, 0.5) is 5.69 Å². The lowest BCUT2D eigenvalue weighted by Crippen LogP contribution is -2.14. The maximum Gasteiger partial charge on any atom is 0.228 e. The van der Waals surface area contributed by atoms with Gasteiger partial charge in [-0.2, -0.15) is 0 Å². The Bertz CT molecular complexity index is 567. The van der Waals surface area contributed by atoms with Crippen LogP contribution < -0.4 is 10.1 Å². The molecule has 0 heterocycles. The highest BCUT2D eigenvalue weighted by Gasteiger charge is 2.04. The third-order valence-corrected chi connectivity index (χ3v) is 2.88. The summed E-state index contributed by atoms with van der Waals surface area (Å²) in [6.07, 6.45) is 0.314. The van der Waals surface area contributed by atoms with Gasteiger partial charge >= 0.3 is 0 Å². The molecule has 0 fully saturated rings. The van der Waals surface area contributed by atoms with Gasteiger partial charge < -0.3 is 10.1 Å². The normalized spacial score (nSPS) is 10.0. The second-order valence-corrected chi connectivity index (χ2v) is 4.52. The largest absolute Gasteiger partial charge is 0.497 e. The third kappa shape index (κ3) is 4.00. The van der Waals surface area contributed by atoms with Crippen molar-refractivity contribution in [3.8, 4) is 5.75 Å². The third-order valence-electron chi connectivity index (χ3n) is 2.63. The van der Waals surface area contributed by atoms with Gasteiger partial charge in [-0.25, -0.2) is 0 Å². The van der Waals surface area contributed by atoms with Crippen LogP contribution in [0.25, 0.3) is 0 Å². The molecule has 0 bridgehead atoms. The van der Waals surface area contributed by atoms with Gasteiger partial charge in [0.15, 0.2) is 0 Å². The molecule has 0 atom stereocenters. The summed E-state index contributed by atoms with van der Waals surface area (Å²) < 4.78 is 5.10. The molecule has 19 heavy (non-hydrogen) atoms. The summed E-state index contributed by atoms with van der Waals surface area (Å²) >= 11 is 5.80. The molecule has 1 amide bonds. The van der Waals surface area contributed by atoms with Crippen molar-refractivity contribution < 1.29 is 9.53 Å². The summed E-state index contributed by atoms with van der Waals surface area (Å²) in [5.74, 6) is 0.639. The van der Waals surface area contributed by atoms with E-state index >= 15 is 0 Å². The number of halogens is 1. The Morgan fingerprint density at radius 3 is 2.63 bits per heavy atom. The molecule has 1 N–H and O–H groups in total. The lowest BCUT2D eigenvalue weighted by molar-refractivity contribution is -0.115. The molecule has 2 aromatic carbocycles. The highest BCUT2D eigenvalue weighted by Crippen LogP contribution is 2.17. The number of anilines is 1. The average Bonchev–Trinajstić information content (AvgIpc) is 2.41. The topological polar surface area (TPSA) is 38.3 Å². The van der Waals surface area contributed by atoms with E-state index < -0.39 is 0 Å². The van der Waals surface area contributed by atoms with E-state index in [1.54, 1.807) is 25.3 Å². The second kappa shape index (κ2) is 6.25. The molecule has 0 spiro atoms. The molecular weight excluding hydrogens is 262 g/mol. The predicted octanol–water partition coefficient (Wildman–Crippen LogP) is 3.53. The molecule has 0 saturated carbocycles. The van der Waals surface area contributed by atoms with Crippen LogP contribution in [-0.4, -0.2) is 13.0 Å². The van der Waals surface area contributed by atoms with Crippen LogP contribution in [0.15, 0.2) is 48.5 Å². The molecule has 2 rings (SSSR count). The molecular formula is C15H14ClNO2. The van der Waals surface area contributed by atoms with Gasteiger partial charge in [-0.15, -0.1) is 0 Å². The maximum absolute atomic E-state index is 11.9. The van der Waals surface area contributed by atoms with Gasteiger partial charge in [-0.3, -0.25) is 4.79 Å². The predicted molar refractivity (Wildman–Crippen MR) is 76.8 cm³/mol. The number of carbonyl (C=O) groups excluding carboxylic acids is 1. The minimum atomic E-state index is -0.0735. The van der Waals surface area contributed by atoms with Crippen LogP contribution in [-0.2, 0) is 11.2 Å². The van der Waals surface area contributed by atoms with Gasteiger partial charge in [-0.05, 0) is 29.8 Å². The van der Waals surface area contributed by atoms with E-state index in [2.05, 4.69) is 5.32 Å². The number of carbonyl (C=O) groups is 1. The Hall–Kier alpha value is -2.00. The molecule has 0 unspecified atom stereocenters. The lowest BCUT2D eigenvalue weighted by atomic mass is 10.1. The molecule has 3 nitrogen and oxygen atoms in total. The minimum Gasteiger partial charge on any atom is -0.497 e. The SMILES string of the molecule is COc1cccc(NC(=O)Cc2ccc(Cl)cc2)c1. The summed E-state index contributed by atoms with van der Waals surface area (Å²) in [5, 5.41) is 3.49. The van der Waals surface area contributed by atoms with Crippen molar-refractivity contribution in [1.82, 2.24) is 0 Å². The Kier molecular flexibility index (Phi) is 4.42. The number of nitrogens with one attached hydrogen (secondary N) is 1. The van der Waals surface area contributed by atoms with Crippen LogP contribution in [0.1, 0.15) is 5.56 Å². The number of rotatable bonds is 4. The molecule has 0 aliphatic rings. The Morgan fingerprint density at radius 1 is 1.21 bits per heavy atom. The fourth-order valence-corrected chi connectivity index (χ4v) is 1.82. The van der Waals surface area contributed by atoms with Crippen LogP contribution in [0.3, 0.4) is 0 Å². The summed E-state index contributed by atoms with van der Waals surface area (Å²) in [5.41, 5.74) is 1.64. The van der Waals surface area contributed by atoms with E-state index in [0.29, 0.717) is 17.2 Å². The van der Waals surface area contributed by atoms with Crippen LogP contribution in [0.2, 0.25) is 5.02 Å². The van der Waals surface area contributed by atoms with Crippen LogP contribution in [0, 0.1) is 0 Å². The molecule has 98 valence electrons. The van der Waals surface area contributed by atoms with Gasteiger partial charge in [0.2, 0.25) is 5.91 Å². The Morgan fingerprint density at radius 2 is 1.95 bits per heavy atom. The van der Waals surface area contributed by atoms with Crippen molar-refractivity contribution in [2.45, 2.75) is 6.42 Å². The highest BCUT2D eigenvalue weighted by atomic mass is 35.5. The van der Waals surface area contributed by atoms with Crippen molar-refractivity contribution in [2.24, 2.45) is 0 Å². The number of amides is 1. The van der Waals surface area contributed by atoms with E-state index in [1.807, 2.05) is 30.3 Å².